The molecule has 2 unspecified atom stereocenters. The number of halogens is 1. The molecule has 0 saturated heterocycles. The average molecular weight is 212 g/mol. The second-order valence-corrected chi connectivity index (χ2v) is 3.82. The highest BCUT2D eigenvalue weighted by Crippen LogP contribution is 2.21. The van der Waals surface area contributed by atoms with E-state index in [1.165, 1.54) is 18.2 Å². The molecule has 15 heavy (non-hydrogen) atoms. The first-order valence-electron chi connectivity index (χ1n) is 4.97. The van der Waals surface area contributed by atoms with E-state index in [0.717, 1.165) is 0 Å². The maximum absolute atomic E-state index is 12.9. The highest BCUT2D eigenvalue weighted by Gasteiger charge is 2.12. The molecule has 0 heterocycles. The highest BCUT2D eigenvalue weighted by molar-refractivity contribution is 5.66. The van der Waals surface area contributed by atoms with E-state index in [-0.39, 0.29) is 24.4 Å². The molecule has 0 fully saturated rings. The standard InChI is InChI=1S/C11H17FN2O/c1-7(6-15)8(2)14-11-5-9(12)3-4-10(11)13/h3-5,7-8,14-15H,6,13H2,1-2H3. The van der Waals surface area contributed by atoms with E-state index >= 15 is 0 Å². The minimum absolute atomic E-state index is 0.0408. The van der Waals surface area contributed by atoms with Gasteiger partial charge in [-0.3, -0.25) is 0 Å². The number of nitrogen functional groups attached to an aromatic ring is 1. The van der Waals surface area contributed by atoms with Crippen molar-refractivity contribution in [3.05, 3.63) is 24.0 Å². The zero-order valence-electron chi connectivity index (χ0n) is 9.00. The van der Waals surface area contributed by atoms with Gasteiger partial charge in [0.05, 0.1) is 11.4 Å². The molecule has 0 spiro atoms. The summed E-state index contributed by atoms with van der Waals surface area (Å²) in [6.07, 6.45) is 0. The van der Waals surface area contributed by atoms with Crippen LogP contribution in [0.15, 0.2) is 18.2 Å². The third-order valence-electron chi connectivity index (χ3n) is 2.54. The summed E-state index contributed by atoms with van der Waals surface area (Å²) in [7, 11) is 0. The predicted octanol–water partition coefficient (Wildman–Crippen LogP) is 1.84. The van der Waals surface area contributed by atoms with E-state index in [1.54, 1.807) is 0 Å². The predicted molar refractivity (Wildman–Crippen MR) is 60.1 cm³/mol. The van der Waals surface area contributed by atoms with Crippen LogP contribution in [0.2, 0.25) is 0 Å². The van der Waals surface area contributed by atoms with Crippen LogP contribution in [0.3, 0.4) is 0 Å². The van der Waals surface area contributed by atoms with Crippen molar-refractivity contribution in [1.82, 2.24) is 0 Å². The first-order chi connectivity index (χ1) is 7.04. The molecular formula is C11H17FN2O. The van der Waals surface area contributed by atoms with Crippen LogP contribution < -0.4 is 11.1 Å². The van der Waals surface area contributed by atoms with Crippen LogP contribution in [-0.2, 0) is 0 Å². The van der Waals surface area contributed by atoms with Crippen molar-refractivity contribution in [2.75, 3.05) is 17.7 Å². The molecule has 4 heteroatoms. The molecule has 1 aromatic carbocycles. The van der Waals surface area contributed by atoms with Gasteiger partial charge in [0.2, 0.25) is 0 Å². The minimum atomic E-state index is -0.324. The molecule has 0 aliphatic heterocycles. The Hall–Kier alpha value is -1.29. The molecule has 84 valence electrons. The molecular weight excluding hydrogens is 195 g/mol. The third-order valence-corrected chi connectivity index (χ3v) is 2.54. The van der Waals surface area contributed by atoms with Crippen LogP contribution in [0.1, 0.15) is 13.8 Å². The fourth-order valence-corrected chi connectivity index (χ4v) is 1.20. The van der Waals surface area contributed by atoms with Gasteiger partial charge in [0, 0.05) is 12.6 Å². The van der Waals surface area contributed by atoms with Gasteiger partial charge in [0.15, 0.2) is 0 Å². The van der Waals surface area contributed by atoms with Crippen LogP contribution in [0.4, 0.5) is 15.8 Å². The van der Waals surface area contributed by atoms with Gasteiger partial charge in [-0.2, -0.15) is 0 Å². The summed E-state index contributed by atoms with van der Waals surface area (Å²) < 4.78 is 12.9. The molecule has 0 aromatic heterocycles. The third kappa shape index (κ3) is 3.09. The van der Waals surface area contributed by atoms with Crippen molar-refractivity contribution in [3.63, 3.8) is 0 Å². The fourth-order valence-electron chi connectivity index (χ4n) is 1.20. The van der Waals surface area contributed by atoms with Crippen LogP contribution in [0, 0.1) is 11.7 Å². The lowest BCUT2D eigenvalue weighted by molar-refractivity contribution is 0.226. The summed E-state index contributed by atoms with van der Waals surface area (Å²) in [6, 6.07) is 4.24. The van der Waals surface area contributed by atoms with Gasteiger partial charge in [-0.25, -0.2) is 4.39 Å². The largest absolute Gasteiger partial charge is 0.397 e. The van der Waals surface area contributed by atoms with Gasteiger partial charge in [0.25, 0.3) is 0 Å². The van der Waals surface area contributed by atoms with Crippen molar-refractivity contribution in [2.24, 2.45) is 5.92 Å². The van der Waals surface area contributed by atoms with Gasteiger partial charge >= 0.3 is 0 Å². The summed E-state index contributed by atoms with van der Waals surface area (Å²) in [5.41, 5.74) is 6.77. The molecule has 1 aromatic rings. The monoisotopic (exact) mass is 212 g/mol. The zero-order valence-corrected chi connectivity index (χ0v) is 9.00. The molecule has 4 N–H and O–H groups in total. The second-order valence-electron chi connectivity index (χ2n) is 3.82. The second kappa shape index (κ2) is 4.98. The maximum atomic E-state index is 12.9. The quantitative estimate of drug-likeness (QED) is 0.667. The molecule has 3 nitrogen and oxygen atoms in total. The Morgan fingerprint density at radius 2 is 2.13 bits per heavy atom. The summed E-state index contributed by atoms with van der Waals surface area (Å²) in [4.78, 5) is 0. The summed E-state index contributed by atoms with van der Waals surface area (Å²) in [5, 5.41) is 12.0. The normalized spacial score (nSPS) is 14.7. The molecule has 2 atom stereocenters. The molecule has 0 saturated carbocycles. The van der Waals surface area contributed by atoms with Crippen LogP contribution in [-0.4, -0.2) is 17.8 Å². The number of aliphatic hydroxyl groups excluding tert-OH is 1. The van der Waals surface area contributed by atoms with Crippen molar-refractivity contribution >= 4 is 11.4 Å². The van der Waals surface area contributed by atoms with Crippen molar-refractivity contribution < 1.29 is 9.50 Å². The van der Waals surface area contributed by atoms with E-state index < -0.39 is 0 Å². The summed E-state index contributed by atoms with van der Waals surface area (Å²) in [6.45, 7) is 3.92. The molecule has 0 bridgehead atoms. The van der Waals surface area contributed by atoms with Crippen LogP contribution in [0.5, 0.6) is 0 Å². The Morgan fingerprint density at radius 3 is 2.73 bits per heavy atom. The van der Waals surface area contributed by atoms with Crippen molar-refractivity contribution in [3.8, 4) is 0 Å². The number of hydrogen-bond donors (Lipinski definition) is 3. The SMILES string of the molecule is CC(CO)C(C)Nc1cc(F)ccc1N. The number of nitrogens with two attached hydrogens (primary N) is 1. The summed E-state index contributed by atoms with van der Waals surface area (Å²) in [5.74, 6) is -0.233. The highest BCUT2D eigenvalue weighted by atomic mass is 19.1. The van der Waals surface area contributed by atoms with Gasteiger partial charge in [0.1, 0.15) is 5.82 Å². The van der Waals surface area contributed by atoms with Crippen LogP contribution >= 0.6 is 0 Å². The minimum Gasteiger partial charge on any atom is -0.397 e. The smallest absolute Gasteiger partial charge is 0.125 e. The molecule has 0 amide bonds. The molecule has 0 aliphatic carbocycles. The summed E-state index contributed by atoms with van der Waals surface area (Å²) >= 11 is 0. The topological polar surface area (TPSA) is 58.3 Å². The fraction of sp³-hybridized carbons (Fsp3) is 0.455. The lowest BCUT2D eigenvalue weighted by Gasteiger charge is -2.21. The lowest BCUT2D eigenvalue weighted by atomic mass is 10.0. The molecule has 1 rings (SSSR count). The number of rotatable bonds is 4. The number of anilines is 2. The lowest BCUT2D eigenvalue weighted by Crippen LogP contribution is -2.26. The van der Waals surface area contributed by atoms with Gasteiger partial charge in [-0.15, -0.1) is 0 Å². The number of benzene rings is 1. The zero-order chi connectivity index (χ0) is 11.4. The van der Waals surface area contributed by atoms with Crippen molar-refractivity contribution in [2.45, 2.75) is 19.9 Å². The average Bonchev–Trinajstić information content (AvgIpc) is 2.22. The van der Waals surface area contributed by atoms with E-state index in [1.807, 2.05) is 13.8 Å². The first-order valence-corrected chi connectivity index (χ1v) is 4.97. The van der Waals surface area contributed by atoms with Crippen molar-refractivity contribution in [1.29, 1.82) is 0 Å². The number of aliphatic hydroxyl groups is 1. The Bertz CT molecular complexity index is 330. The Morgan fingerprint density at radius 1 is 1.47 bits per heavy atom. The van der Waals surface area contributed by atoms with Crippen LogP contribution in [0.25, 0.3) is 0 Å². The van der Waals surface area contributed by atoms with E-state index in [4.69, 9.17) is 10.8 Å². The van der Waals surface area contributed by atoms with E-state index in [0.29, 0.717) is 11.4 Å². The Balaban J connectivity index is 2.75. The first kappa shape index (κ1) is 11.8. The van der Waals surface area contributed by atoms with Gasteiger partial charge in [-0.05, 0) is 31.0 Å². The van der Waals surface area contributed by atoms with E-state index in [2.05, 4.69) is 5.32 Å². The van der Waals surface area contributed by atoms with E-state index in [9.17, 15) is 4.39 Å². The number of nitrogens with one attached hydrogen (secondary N) is 1. The van der Waals surface area contributed by atoms with Gasteiger partial charge in [-0.1, -0.05) is 6.92 Å². The Kier molecular flexibility index (Phi) is 3.91. The maximum Gasteiger partial charge on any atom is 0.125 e. The molecule has 0 radical (unpaired) electrons. The number of hydrogen-bond acceptors (Lipinski definition) is 3. The van der Waals surface area contributed by atoms with Gasteiger partial charge < -0.3 is 16.2 Å². The molecule has 0 aliphatic rings. The Labute approximate surface area is 89.1 Å².